The normalized spacial score (nSPS) is 14.3. The molecule has 0 bridgehead atoms. The highest BCUT2D eigenvalue weighted by Crippen LogP contribution is 2.36. The highest BCUT2D eigenvalue weighted by Gasteiger charge is 2.20. The standard InChI is InChI=1S/C21H23NO3S/c1-14-6-11-19(26-17-4-2-3-5-17)18(12-14)21(25)22-16-9-7-15(8-10-16)13-20(23)24/h6-12,17H,2-5,13H2,1H3,(H,22,25)(H,23,24). The SMILES string of the molecule is Cc1ccc(SC2CCCC2)c(C(=O)Nc2ccc(CC(=O)O)cc2)c1. The largest absolute Gasteiger partial charge is 0.481 e. The van der Waals surface area contributed by atoms with E-state index < -0.39 is 5.97 Å². The summed E-state index contributed by atoms with van der Waals surface area (Å²) in [4.78, 5) is 24.6. The molecule has 1 saturated carbocycles. The van der Waals surface area contributed by atoms with Crippen molar-refractivity contribution in [2.45, 2.75) is 49.2 Å². The highest BCUT2D eigenvalue weighted by atomic mass is 32.2. The van der Waals surface area contributed by atoms with Crippen LogP contribution in [0.4, 0.5) is 5.69 Å². The molecule has 26 heavy (non-hydrogen) atoms. The summed E-state index contributed by atoms with van der Waals surface area (Å²) in [5.74, 6) is -0.990. The predicted octanol–water partition coefficient (Wildman–Crippen LogP) is 4.91. The van der Waals surface area contributed by atoms with Crippen LogP contribution in [0.3, 0.4) is 0 Å². The van der Waals surface area contributed by atoms with Gasteiger partial charge >= 0.3 is 5.97 Å². The molecular weight excluding hydrogens is 346 g/mol. The smallest absolute Gasteiger partial charge is 0.307 e. The van der Waals surface area contributed by atoms with Gasteiger partial charge in [0.1, 0.15) is 0 Å². The molecule has 0 aliphatic heterocycles. The number of aliphatic carboxylic acids is 1. The number of hydrogen-bond acceptors (Lipinski definition) is 3. The van der Waals surface area contributed by atoms with E-state index in [0.29, 0.717) is 22.1 Å². The van der Waals surface area contributed by atoms with E-state index in [1.807, 2.05) is 30.8 Å². The van der Waals surface area contributed by atoms with Crippen molar-refractivity contribution < 1.29 is 14.7 Å². The number of nitrogens with one attached hydrogen (secondary N) is 1. The van der Waals surface area contributed by atoms with Crippen molar-refractivity contribution in [1.29, 1.82) is 0 Å². The van der Waals surface area contributed by atoms with Crippen molar-refractivity contribution in [3.63, 3.8) is 0 Å². The van der Waals surface area contributed by atoms with Crippen molar-refractivity contribution in [1.82, 2.24) is 0 Å². The Morgan fingerprint density at radius 1 is 1.12 bits per heavy atom. The Labute approximate surface area is 158 Å². The molecule has 0 radical (unpaired) electrons. The fourth-order valence-electron chi connectivity index (χ4n) is 3.19. The molecular formula is C21H23NO3S. The number of hydrogen-bond donors (Lipinski definition) is 2. The molecule has 1 fully saturated rings. The van der Waals surface area contributed by atoms with Crippen LogP contribution in [0.25, 0.3) is 0 Å². The summed E-state index contributed by atoms with van der Waals surface area (Å²) < 4.78 is 0. The van der Waals surface area contributed by atoms with Crippen molar-refractivity contribution in [2.24, 2.45) is 0 Å². The lowest BCUT2D eigenvalue weighted by molar-refractivity contribution is -0.136. The quantitative estimate of drug-likeness (QED) is 0.759. The molecule has 1 amide bonds. The molecule has 2 aromatic carbocycles. The van der Waals surface area contributed by atoms with Crippen molar-refractivity contribution in [2.75, 3.05) is 5.32 Å². The third-order valence-corrected chi connectivity index (χ3v) is 5.96. The first kappa shape index (κ1) is 18.5. The maximum absolute atomic E-state index is 12.8. The van der Waals surface area contributed by atoms with Gasteiger partial charge in [-0.05, 0) is 49.6 Å². The summed E-state index contributed by atoms with van der Waals surface area (Å²) in [5.41, 5.74) is 3.14. The number of carbonyl (C=O) groups excluding carboxylic acids is 1. The summed E-state index contributed by atoms with van der Waals surface area (Å²) >= 11 is 1.81. The minimum atomic E-state index is -0.866. The lowest BCUT2D eigenvalue weighted by atomic mass is 10.1. The summed E-state index contributed by atoms with van der Waals surface area (Å²) in [6, 6.07) is 13.0. The summed E-state index contributed by atoms with van der Waals surface area (Å²) in [7, 11) is 0. The number of carboxylic acid groups (broad SMARTS) is 1. The molecule has 2 aromatic rings. The van der Waals surface area contributed by atoms with E-state index in [2.05, 4.69) is 11.4 Å². The van der Waals surface area contributed by atoms with Crippen LogP contribution < -0.4 is 5.32 Å². The molecule has 1 aliphatic rings. The average Bonchev–Trinajstić information content (AvgIpc) is 3.11. The third-order valence-electron chi connectivity index (χ3n) is 4.54. The predicted molar refractivity (Wildman–Crippen MR) is 105 cm³/mol. The average molecular weight is 369 g/mol. The van der Waals surface area contributed by atoms with E-state index in [4.69, 9.17) is 5.11 Å². The molecule has 0 atom stereocenters. The zero-order chi connectivity index (χ0) is 18.5. The Kier molecular flexibility index (Phi) is 5.99. The monoisotopic (exact) mass is 369 g/mol. The second-order valence-electron chi connectivity index (χ2n) is 6.75. The second-order valence-corrected chi connectivity index (χ2v) is 8.09. The molecule has 0 spiro atoms. The number of rotatable bonds is 6. The van der Waals surface area contributed by atoms with Crippen LogP contribution in [0.5, 0.6) is 0 Å². The van der Waals surface area contributed by atoms with Gasteiger partial charge in [0.2, 0.25) is 0 Å². The van der Waals surface area contributed by atoms with Gasteiger partial charge in [0.25, 0.3) is 5.91 Å². The van der Waals surface area contributed by atoms with Crippen LogP contribution >= 0.6 is 11.8 Å². The number of benzene rings is 2. The van der Waals surface area contributed by atoms with E-state index in [9.17, 15) is 9.59 Å². The number of carbonyl (C=O) groups is 2. The van der Waals surface area contributed by atoms with Gasteiger partial charge < -0.3 is 10.4 Å². The van der Waals surface area contributed by atoms with Crippen molar-refractivity contribution in [3.8, 4) is 0 Å². The maximum Gasteiger partial charge on any atom is 0.307 e. The van der Waals surface area contributed by atoms with E-state index in [0.717, 1.165) is 10.5 Å². The Morgan fingerprint density at radius 3 is 2.46 bits per heavy atom. The summed E-state index contributed by atoms with van der Waals surface area (Å²) in [5, 5.41) is 12.4. The fourth-order valence-corrected chi connectivity index (χ4v) is 4.54. The van der Waals surface area contributed by atoms with Crippen molar-refractivity contribution in [3.05, 3.63) is 59.2 Å². The molecule has 0 heterocycles. The number of amides is 1. The summed E-state index contributed by atoms with van der Waals surface area (Å²) in [6.45, 7) is 1.99. The van der Waals surface area contributed by atoms with E-state index >= 15 is 0 Å². The van der Waals surface area contributed by atoms with Crippen molar-refractivity contribution >= 4 is 29.3 Å². The van der Waals surface area contributed by atoms with Gasteiger partial charge in [-0.1, -0.05) is 36.6 Å². The molecule has 0 saturated heterocycles. The highest BCUT2D eigenvalue weighted by molar-refractivity contribution is 8.00. The molecule has 0 aromatic heterocycles. The van der Waals surface area contributed by atoms with E-state index in [-0.39, 0.29) is 12.3 Å². The first-order valence-electron chi connectivity index (χ1n) is 8.90. The molecule has 1 aliphatic carbocycles. The number of aryl methyl sites for hydroxylation is 1. The zero-order valence-corrected chi connectivity index (χ0v) is 15.6. The van der Waals surface area contributed by atoms with Gasteiger partial charge in [0.05, 0.1) is 12.0 Å². The van der Waals surface area contributed by atoms with E-state index in [1.54, 1.807) is 24.3 Å². The van der Waals surface area contributed by atoms with Crippen LogP contribution in [-0.2, 0) is 11.2 Å². The topological polar surface area (TPSA) is 66.4 Å². The first-order valence-corrected chi connectivity index (χ1v) is 9.78. The molecule has 2 N–H and O–H groups in total. The Bertz CT molecular complexity index is 795. The molecule has 4 nitrogen and oxygen atoms in total. The van der Waals surface area contributed by atoms with Crippen LogP contribution in [0, 0.1) is 6.92 Å². The lowest BCUT2D eigenvalue weighted by Gasteiger charge is -2.14. The number of carboxylic acids is 1. The zero-order valence-electron chi connectivity index (χ0n) is 14.8. The number of thioether (sulfide) groups is 1. The third kappa shape index (κ3) is 4.88. The van der Waals surface area contributed by atoms with Gasteiger partial charge in [-0.3, -0.25) is 9.59 Å². The molecule has 5 heteroatoms. The van der Waals surface area contributed by atoms with Gasteiger partial charge in [0, 0.05) is 15.8 Å². The van der Waals surface area contributed by atoms with Crippen LogP contribution in [0.1, 0.15) is 47.2 Å². The van der Waals surface area contributed by atoms with Gasteiger partial charge in [0.15, 0.2) is 0 Å². The molecule has 136 valence electrons. The van der Waals surface area contributed by atoms with Gasteiger partial charge in [-0.25, -0.2) is 0 Å². The first-order chi connectivity index (χ1) is 12.5. The Hall–Kier alpha value is -2.27. The second kappa shape index (κ2) is 8.41. The lowest BCUT2D eigenvalue weighted by Crippen LogP contribution is -2.14. The molecule has 3 rings (SSSR count). The van der Waals surface area contributed by atoms with E-state index in [1.165, 1.54) is 25.7 Å². The Balaban J connectivity index is 1.74. The maximum atomic E-state index is 12.8. The van der Waals surface area contributed by atoms with Crippen LogP contribution in [0.2, 0.25) is 0 Å². The summed E-state index contributed by atoms with van der Waals surface area (Å²) in [6.07, 6.45) is 4.95. The van der Waals surface area contributed by atoms with Crippen LogP contribution in [0.15, 0.2) is 47.4 Å². The minimum absolute atomic E-state index is 0.0196. The van der Waals surface area contributed by atoms with Gasteiger partial charge in [-0.15, -0.1) is 11.8 Å². The molecule has 0 unspecified atom stereocenters. The number of anilines is 1. The minimum Gasteiger partial charge on any atom is -0.481 e. The fraction of sp³-hybridized carbons (Fsp3) is 0.333. The van der Waals surface area contributed by atoms with Gasteiger partial charge in [-0.2, -0.15) is 0 Å². The Morgan fingerprint density at radius 2 is 1.81 bits per heavy atom. The van der Waals surface area contributed by atoms with Crippen LogP contribution in [-0.4, -0.2) is 22.2 Å².